The van der Waals surface area contributed by atoms with Crippen LogP contribution in [0.15, 0.2) is 12.7 Å². The predicted molar refractivity (Wildman–Crippen MR) is 229 cm³/mol. The molecular formula is C45H73N7O7S. The molecule has 0 aromatic heterocycles. The zero-order valence-corrected chi connectivity index (χ0v) is 38.3. The number of hydrogen-bond acceptors (Lipinski definition) is 8. The second kappa shape index (κ2) is 15.9. The van der Waals surface area contributed by atoms with Gasteiger partial charge in [0, 0.05) is 37.0 Å². The van der Waals surface area contributed by atoms with Crippen molar-refractivity contribution >= 4 is 39.7 Å². The summed E-state index contributed by atoms with van der Waals surface area (Å²) in [6.07, 6.45) is 12.0. The van der Waals surface area contributed by atoms with E-state index in [-0.39, 0.29) is 77.4 Å². The molecule has 0 radical (unpaired) electrons. The second-order valence-electron chi connectivity index (χ2n) is 21.1. The van der Waals surface area contributed by atoms with Gasteiger partial charge < -0.3 is 20.9 Å². The van der Waals surface area contributed by atoms with Crippen LogP contribution in [0.5, 0.6) is 0 Å². The van der Waals surface area contributed by atoms with E-state index in [1.54, 1.807) is 17.9 Å². The maximum absolute atomic E-state index is 15.3. The predicted octanol–water partition coefficient (Wildman–Crippen LogP) is 4.02. The van der Waals surface area contributed by atoms with Crippen LogP contribution in [-0.4, -0.2) is 114 Å². The highest BCUT2D eigenvalue weighted by Crippen LogP contribution is 2.91. The Morgan fingerprint density at radius 3 is 2.28 bits per heavy atom. The summed E-state index contributed by atoms with van der Waals surface area (Å²) in [5.74, 6) is -2.54. The second-order valence-corrected chi connectivity index (χ2v) is 22.8. The molecule has 3 heterocycles. The van der Waals surface area contributed by atoms with Gasteiger partial charge in [-0.3, -0.25) is 28.9 Å². The van der Waals surface area contributed by atoms with Crippen molar-refractivity contribution in [2.45, 2.75) is 175 Å². The lowest BCUT2D eigenvalue weighted by molar-refractivity contribution is -0.145. The first-order valence-electron chi connectivity index (χ1n) is 23.1. The molecule has 3 saturated heterocycles. The lowest BCUT2D eigenvalue weighted by Crippen LogP contribution is -2.63. The molecule has 14 nitrogen and oxygen atoms in total. The Morgan fingerprint density at radius 2 is 1.70 bits per heavy atom. The number of carbonyl (C=O) groups is 5. The van der Waals surface area contributed by atoms with E-state index in [2.05, 4.69) is 52.9 Å². The van der Waals surface area contributed by atoms with E-state index in [9.17, 15) is 27.6 Å². The first kappa shape index (κ1) is 45.0. The summed E-state index contributed by atoms with van der Waals surface area (Å²) >= 11 is 0. The van der Waals surface area contributed by atoms with Gasteiger partial charge in [-0.15, -0.1) is 6.58 Å². The third-order valence-electron chi connectivity index (χ3n) is 16.9. The summed E-state index contributed by atoms with van der Waals surface area (Å²) in [5.41, 5.74) is -2.93. The average molecular weight is 856 g/mol. The quantitative estimate of drug-likeness (QED) is 0.213. The minimum Gasteiger partial charge on any atom is -0.343 e. The van der Waals surface area contributed by atoms with E-state index >= 15 is 4.79 Å². The van der Waals surface area contributed by atoms with Gasteiger partial charge in [0.15, 0.2) is 0 Å². The molecule has 0 aromatic carbocycles. The maximum Gasteiger partial charge on any atom is 0.303 e. The molecule has 60 heavy (non-hydrogen) atoms. The highest BCUT2D eigenvalue weighted by molar-refractivity contribution is 7.87. The molecule has 7 aliphatic rings. The Kier molecular flexibility index (Phi) is 12.0. The minimum absolute atomic E-state index is 0.0727. The highest BCUT2D eigenvalue weighted by Gasteiger charge is 2.88. The molecule has 4 aliphatic carbocycles. The zero-order valence-electron chi connectivity index (χ0n) is 37.5. The SMILES string of the molecule is C=C[C@@H]1C[C@]1(NC(=O)[C@@H]1C[C@@]23CN1C(=O)[C@H](C(C)(C)C)NC(=O)[C@@H](NC(=O)[C@@H]1CCCCN1C(C)C)C1CCCC(C1)C2(C)C31CCC1)C(=O)NS(=O)(=O)N(CC)CCC. The Labute approximate surface area is 358 Å². The van der Waals surface area contributed by atoms with Crippen LogP contribution in [0.1, 0.15) is 139 Å². The molecular weight excluding hydrogens is 783 g/mol. The van der Waals surface area contributed by atoms with E-state index in [0.717, 1.165) is 70.8 Å². The highest BCUT2D eigenvalue weighted by atomic mass is 32.2. The van der Waals surface area contributed by atoms with Crippen molar-refractivity contribution in [3.8, 4) is 0 Å². The molecule has 4 bridgehead atoms. The van der Waals surface area contributed by atoms with Gasteiger partial charge in [-0.05, 0) is 113 Å². The number of hydrogen-bond donors (Lipinski definition) is 4. The molecule has 0 aromatic rings. The minimum atomic E-state index is -4.18. The van der Waals surface area contributed by atoms with Crippen molar-refractivity contribution in [2.24, 2.45) is 39.4 Å². The van der Waals surface area contributed by atoms with Crippen molar-refractivity contribution in [1.82, 2.24) is 34.8 Å². The van der Waals surface area contributed by atoms with Gasteiger partial charge in [-0.25, -0.2) is 4.72 Å². The number of nitrogens with zero attached hydrogens (tertiary/aromatic N) is 3. The fourth-order valence-corrected chi connectivity index (χ4v) is 14.7. The molecule has 4 saturated carbocycles. The molecule has 7 rings (SSSR count). The molecule has 2 spiro atoms. The molecule has 336 valence electrons. The lowest BCUT2D eigenvalue weighted by Gasteiger charge is -2.43. The van der Waals surface area contributed by atoms with Crippen molar-refractivity contribution < 1.29 is 32.4 Å². The van der Waals surface area contributed by atoms with Crippen LogP contribution in [-0.2, 0) is 34.2 Å². The van der Waals surface area contributed by atoms with Crippen molar-refractivity contribution in [3.63, 3.8) is 0 Å². The summed E-state index contributed by atoms with van der Waals surface area (Å²) in [6, 6.07) is -2.90. The van der Waals surface area contributed by atoms with Crippen molar-refractivity contribution in [1.29, 1.82) is 0 Å². The lowest BCUT2D eigenvalue weighted by atomic mass is 9.65. The normalized spacial score (nSPS) is 37.6. The fourth-order valence-electron chi connectivity index (χ4n) is 13.4. The summed E-state index contributed by atoms with van der Waals surface area (Å²) in [6.45, 7) is 21.4. The number of fused-ring (bicyclic) bond motifs is 5. The summed E-state index contributed by atoms with van der Waals surface area (Å²) in [5, 5.41) is 9.44. The Hall–Kier alpha value is -3.04. The van der Waals surface area contributed by atoms with Crippen LogP contribution in [0.25, 0.3) is 0 Å². The van der Waals surface area contributed by atoms with Gasteiger partial charge in [-0.1, -0.05) is 66.9 Å². The zero-order chi connectivity index (χ0) is 43.8. The van der Waals surface area contributed by atoms with Crippen LogP contribution in [0.2, 0.25) is 0 Å². The monoisotopic (exact) mass is 856 g/mol. The molecule has 5 amide bonds. The Balaban J connectivity index is 1.24. The van der Waals surface area contributed by atoms with Gasteiger partial charge in [0.2, 0.25) is 23.6 Å². The van der Waals surface area contributed by atoms with Crippen molar-refractivity contribution in [3.05, 3.63) is 12.7 Å². The van der Waals surface area contributed by atoms with Crippen LogP contribution in [0, 0.1) is 39.4 Å². The van der Waals surface area contributed by atoms with Crippen LogP contribution in [0.4, 0.5) is 0 Å². The van der Waals surface area contributed by atoms with Crippen molar-refractivity contribution in [2.75, 3.05) is 26.2 Å². The average Bonchev–Trinajstić information content (AvgIpc) is 3.94. The van der Waals surface area contributed by atoms with Crippen LogP contribution in [0.3, 0.4) is 0 Å². The maximum atomic E-state index is 15.3. The molecule has 3 aliphatic heterocycles. The Bertz CT molecular complexity index is 1860. The van der Waals surface area contributed by atoms with Crippen LogP contribution < -0.4 is 20.7 Å². The third-order valence-corrected chi connectivity index (χ3v) is 18.5. The number of carbonyl (C=O) groups excluding carboxylic acids is 5. The molecule has 15 heteroatoms. The van der Waals surface area contributed by atoms with Crippen LogP contribution >= 0.6 is 0 Å². The first-order valence-corrected chi connectivity index (χ1v) is 24.6. The van der Waals surface area contributed by atoms with E-state index in [1.165, 1.54) is 4.31 Å². The molecule has 7 fully saturated rings. The van der Waals surface area contributed by atoms with E-state index in [4.69, 9.17) is 0 Å². The number of nitrogens with one attached hydrogen (secondary N) is 4. The number of amides is 5. The molecule has 3 unspecified atom stereocenters. The number of piperidine rings is 1. The first-order chi connectivity index (χ1) is 28.2. The van der Waals surface area contributed by atoms with Gasteiger partial charge in [0.25, 0.3) is 5.91 Å². The largest absolute Gasteiger partial charge is 0.343 e. The standard InChI is InChI=1S/C45H73N7O7S/c1-10-22-50(12-3)60(58,59)49-40(57)45(25-30(45)11-2)48-37(54)33-26-44-27-52(33)39(56)35(41(6,7)8)47-38(55)34(46-36(53)32-19-13-14-23-51(32)28(4)5)29-17-15-18-31(24-29)42(44,9)43(44)20-16-21-43/h11,28-35H,2,10,12-27H2,1,3-9H3,(H,46,53)(H,47,55)(H,48,54)(H,49,57)/t29?,30-,31?,32+,33+,34+,35-,42?,44-,45-/m1/s1. The fraction of sp³-hybridized carbons (Fsp3) is 0.844. The van der Waals surface area contributed by atoms with E-state index in [0.29, 0.717) is 19.4 Å². The van der Waals surface area contributed by atoms with Gasteiger partial charge >= 0.3 is 10.2 Å². The Morgan fingerprint density at radius 1 is 0.983 bits per heavy atom. The van der Waals surface area contributed by atoms with Gasteiger partial charge in [0.1, 0.15) is 23.7 Å². The molecule has 4 N–H and O–H groups in total. The van der Waals surface area contributed by atoms with Gasteiger partial charge in [-0.2, -0.15) is 12.7 Å². The van der Waals surface area contributed by atoms with E-state index in [1.807, 2.05) is 27.7 Å². The summed E-state index contributed by atoms with van der Waals surface area (Å²) in [4.78, 5) is 77.3. The summed E-state index contributed by atoms with van der Waals surface area (Å²) < 4.78 is 30.2. The topological polar surface area (TPSA) is 177 Å². The summed E-state index contributed by atoms with van der Waals surface area (Å²) in [7, 11) is -4.18. The van der Waals surface area contributed by atoms with E-state index < -0.39 is 57.0 Å². The number of likely N-dealkylation sites (tertiary alicyclic amines) is 1. The number of rotatable bonds is 12. The third kappa shape index (κ3) is 7.02. The molecule has 10 atom stereocenters. The smallest absolute Gasteiger partial charge is 0.303 e. The van der Waals surface area contributed by atoms with Gasteiger partial charge in [0.05, 0.1) is 6.04 Å².